The van der Waals surface area contributed by atoms with E-state index in [1.165, 1.54) is 12.1 Å². The summed E-state index contributed by atoms with van der Waals surface area (Å²) in [5.41, 5.74) is 3.11. The summed E-state index contributed by atoms with van der Waals surface area (Å²) >= 11 is 0. The number of halogens is 1. The van der Waals surface area contributed by atoms with Gasteiger partial charge < -0.3 is 14.7 Å². The van der Waals surface area contributed by atoms with Crippen LogP contribution in [0, 0.1) is 5.82 Å². The van der Waals surface area contributed by atoms with E-state index in [1.807, 2.05) is 0 Å². The maximum absolute atomic E-state index is 13.2. The van der Waals surface area contributed by atoms with Crippen molar-refractivity contribution < 1.29 is 8.81 Å². The molecule has 0 spiro atoms. The first-order chi connectivity index (χ1) is 9.31. The standard InChI is InChI=1S/C13H11FN4O/c14-7-1-2-10-9(5-7)18-13(19-10)12-11-8(3-4-15-12)16-6-17-11/h1-2,5-6,12,15H,3-4H2,(H,16,17). The average Bonchev–Trinajstić information content (AvgIpc) is 3.03. The molecule has 2 aromatic heterocycles. The lowest BCUT2D eigenvalue weighted by atomic mass is 10.1. The van der Waals surface area contributed by atoms with Crippen LogP contribution in [0.15, 0.2) is 28.9 Å². The Bertz CT molecular complexity index is 748. The van der Waals surface area contributed by atoms with E-state index in [0.29, 0.717) is 17.0 Å². The third-order valence-electron chi connectivity index (χ3n) is 3.36. The number of aromatic nitrogens is 3. The van der Waals surface area contributed by atoms with E-state index in [-0.39, 0.29) is 11.9 Å². The normalized spacial score (nSPS) is 18.7. The number of hydrogen-bond acceptors (Lipinski definition) is 4. The summed E-state index contributed by atoms with van der Waals surface area (Å²) in [4.78, 5) is 11.8. The van der Waals surface area contributed by atoms with Gasteiger partial charge in [0.25, 0.3) is 0 Å². The highest BCUT2D eigenvalue weighted by atomic mass is 19.1. The third kappa shape index (κ3) is 1.64. The van der Waals surface area contributed by atoms with Crippen LogP contribution < -0.4 is 5.32 Å². The lowest BCUT2D eigenvalue weighted by Gasteiger charge is -2.19. The molecule has 0 saturated heterocycles. The number of nitrogens with one attached hydrogen (secondary N) is 2. The molecule has 5 nitrogen and oxygen atoms in total. The van der Waals surface area contributed by atoms with Crippen LogP contribution in [-0.4, -0.2) is 21.5 Å². The van der Waals surface area contributed by atoms with Crippen molar-refractivity contribution in [2.24, 2.45) is 0 Å². The van der Waals surface area contributed by atoms with Crippen molar-refractivity contribution >= 4 is 11.1 Å². The number of benzene rings is 1. The summed E-state index contributed by atoms with van der Waals surface area (Å²) in [6.45, 7) is 0.826. The highest BCUT2D eigenvalue weighted by molar-refractivity contribution is 5.72. The molecular weight excluding hydrogens is 247 g/mol. The number of fused-ring (bicyclic) bond motifs is 2. The van der Waals surface area contributed by atoms with Crippen LogP contribution in [0.3, 0.4) is 0 Å². The molecule has 1 unspecified atom stereocenters. The fourth-order valence-electron chi connectivity index (χ4n) is 2.46. The van der Waals surface area contributed by atoms with Gasteiger partial charge in [-0.15, -0.1) is 0 Å². The summed E-state index contributed by atoms with van der Waals surface area (Å²) in [5.74, 6) is 0.207. The minimum Gasteiger partial charge on any atom is -0.439 e. The van der Waals surface area contributed by atoms with Crippen molar-refractivity contribution in [1.29, 1.82) is 0 Å². The van der Waals surface area contributed by atoms with Crippen molar-refractivity contribution in [2.75, 3.05) is 6.54 Å². The molecule has 19 heavy (non-hydrogen) atoms. The first kappa shape index (κ1) is 10.7. The lowest BCUT2D eigenvalue weighted by Crippen LogP contribution is -2.30. The molecule has 1 aromatic carbocycles. The Balaban J connectivity index is 1.83. The topological polar surface area (TPSA) is 66.7 Å². The van der Waals surface area contributed by atoms with Crippen LogP contribution >= 0.6 is 0 Å². The van der Waals surface area contributed by atoms with E-state index in [2.05, 4.69) is 20.3 Å². The zero-order chi connectivity index (χ0) is 12.8. The molecule has 0 saturated carbocycles. The van der Waals surface area contributed by atoms with Crippen molar-refractivity contribution in [2.45, 2.75) is 12.5 Å². The smallest absolute Gasteiger partial charge is 0.218 e. The first-order valence-corrected chi connectivity index (χ1v) is 6.13. The molecule has 2 N–H and O–H groups in total. The molecule has 6 heteroatoms. The Hall–Kier alpha value is -2.21. The van der Waals surface area contributed by atoms with E-state index in [9.17, 15) is 4.39 Å². The third-order valence-corrected chi connectivity index (χ3v) is 3.36. The molecule has 1 aliphatic rings. The summed E-state index contributed by atoms with van der Waals surface area (Å²) in [6, 6.07) is 4.16. The highest BCUT2D eigenvalue weighted by Crippen LogP contribution is 2.28. The molecule has 96 valence electrons. The Kier molecular flexibility index (Phi) is 2.19. The zero-order valence-corrected chi connectivity index (χ0v) is 9.98. The fourth-order valence-corrected chi connectivity index (χ4v) is 2.46. The van der Waals surface area contributed by atoms with E-state index in [4.69, 9.17) is 4.42 Å². The summed E-state index contributed by atoms with van der Waals surface area (Å²) in [5, 5.41) is 3.32. The molecule has 0 radical (unpaired) electrons. The maximum atomic E-state index is 13.2. The Morgan fingerprint density at radius 2 is 2.32 bits per heavy atom. The second-order valence-corrected chi connectivity index (χ2v) is 4.57. The summed E-state index contributed by atoms with van der Waals surface area (Å²) in [7, 11) is 0. The molecule has 0 fully saturated rings. The number of aromatic amines is 1. The quantitative estimate of drug-likeness (QED) is 0.700. The first-order valence-electron chi connectivity index (χ1n) is 6.13. The van der Waals surface area contributed by atoms with Gasteiger partial charge in [0.1, 0.15) is 17.4 Å². The molecule has 3 heterocycles. The molecule has 0 aliphatic carbocycles. The molecule has 3 aromatic rings. The minimum atomic E-state index is -0.315. The van der Waals surface area contributed by atoms with E-state index in [1.54, 1.807) is 12.4 Å². The van der Waals surface area contributed by atoms with Gasteiger partial charge in [-0.25, -0.2) is 14.4 Å². The van der Waals surface area contributed by atoms with Gasteiger partial charge in [0.15, 0.2) is 5.58 Å². The second-order valence-electron chi connectivity index (χ2n) is 4.57. The van der Waals surface area contributed by atoms with Gasteiger partial charge in [-0.3, -0.25) is 0 Å². The predicted molar refractivity (Wildman–Crippen MR) is 66.1 cm³/mol. The Morgan fingerprint density at radius 3 is 3.26 bits per heavy atom. The van der Waals surface area contributed by atoms with Gasteiger partial charge in [-0.1, -0.05) is 0 Å². The minimum absolute atomic E-state index is 0.175. The van der Waals surface area contributed by atoms with Gasteiger partial charge in [0.05, 0.1) is 12.0 Å². The molecule has 0 bridgehead atoms. The Labute approximate surface area is 107 Å². The van der Waals surface area contributed by atoms with Crippen molar-refractivity contribution in [3.05, 3.63) is 47.6 Å². The largest absolute Gasteiger partial charge is 0.439 e. The van der Waals surface area contributed by atoms with Gasteiger partial charge in [-0.2, -0.15) is 0 Å². The SMILES string of the molecule is Fc1ccc2oc(C3NCCc4[nH]cnc43)nc2c1. The molecule has 4 rings (SSSR count). The van der Waals surface area contributed by atoms with E-state index < -0.39 is 0 Å². The predicted octanol–water partition coefficient (Wildman–Crippen LogP) is 1.93. The molecular formula is C13H11FN4O. The number of oxazole rings is 1. The van der Waals surface area contributed by atoms with Crippen LogP contribution in [0.5, 0.6) is 0 Å². The van der Waals surface area contributed by atoms with Crippen LogP contribution in [0.4, 0.5) is 4.39 Å². The van der Waals surface area contributed by atoms with E-state index >= 15 is 0 Å². The average molecular weight is 258 g/mol. The molecule has 1 aliphatic heterocycles. The maximum Gasteiger partial charge on any atom is 0.218 e. The number of imidazole rings is 1. The van der Waals surface area contributed by atoms with Gasteiger partial charge in [0, 0.05) is 24.7 Å². The number of rotatable bonds is 1. The van der Waals surface area contributed by atoms with E-state index in [0.717, 1.165) is 24.4 Å². The van der Waals surface area contributed by atoms with Crippen LogP contribution in [0.2, 0.25) is 0 Å². The number of H-pyrrole nitrogens is 1. The number of hydrogen-bond donors (Lipinski definition) is 2. The van der Waals surface area contributed by atoms with Crippen molar-refractivity contribution in [3.63, 3.8) is 0 Å². The second kappa shape index (κ2) is 3.89. The molecule has 1 atom stereocenters. The van der Waals surface area contributed by atoms with Gasteiger partial charge in [-0.05, 0) is 12.1 Å². The Morgan fingerprint density at radius 1 is 1.37 bits per heavy atom. The van der Waals surface area contributed by atoms with Crippen molar-refractivity contribution in [1.82, 2.24) is 20.3 Å². The van der Waals surface area contributed by atoms with Gasteiger partial charge in [0.2, 0.25) is 5.89 Å². The van der Waals surface area contributed by atoms with Crippen LogP contribution in [0.1, 0.15) is 23.3 Å². The van der Waals surface area contributed by atoms with Gasteiger partial charge >= 0.3 is 0 Å². The monoisotopic (exact) mass is 258 g/mol. The molecule has 0 amide bonds. The van der Waals surface area contributed by atoms with Crippen molar-refractivity contribution in [3.8, 4) is 0 Å². The number of nitrogens with zero attached hydrogens (tertiary/aromatic N) is 2. The highest BCUT2D eigenvalue weighted by Gasteiger charge is 2.27. The summed E-state index contributed by atoms with van der Waals surface area (Å²) < 4.78 is 18.9. The van der Waals surface area contributed by atoms with Crippen LogP contribution in [-0.2, 0) is 6.42 Å². The summed E-state index contributed by atoms with van der Waals surface area (Å²) in [6.07, 6.45) is 2.58. The zero-order valence-electron chi connectivity index (χ0n) is 9.98. The fraction of sp³-hybridized carbons (Fsp3) is 0.231. The lowest BCUT2D eigenvalue weighted by molar-refractivity contribution is 0.433. The van der Waals surface area contributed by atoms with Crippen LogP contribution in [0.25, 0.3) is 11.1 Å².